The first-order valence-electron chi connectivity index (χ1n) is 5.36. The molecule has 0 spiro atoms. The SMILES string of the molecule is CC(C)[C@@H](N)C(=O)N[C@H](C(=O)O)C(C)(C)C. The predicted octanol–water partition coefficient (Wildman–Crippen LogP) is 0.585. The van der Waals surface area contributed by atoms with Gasteiger partial charge in [-0.1, -0.05) is 34.6 Å². The third-order valence-corrected chi connectivity index (χ3v) is 2.42. The molecular weight excluding hydrogens is 208 g/mol. The molecule has 0 aromatic rings. The molecule has 1 amide bonds. The van der Waals surface area contributed by atoms with Crippen molar-refractivity contribution < 1.29 is 14.7 Å². The minimum absolute atomic E-state index is 0.0191. The van der Waals surface area contributed by atoms with E-state index in [1.165, 1.54) is 0 Å². The van der Waals surface area contributed by atoms with Crippen LogP contribution in [0.3, 0.4) is 0 Å². The second kappa shape index (κ2) is 5.30. The number of carboxylic acid groups (broad SMARTS) is 1. The van der Waals surface area contributed by atoms with Gasteiger partial charge in [-0.25, -0.2) is 4.79 Å². The molecule has 94 valence electrons. The molecular formula is C11H22N2O3. The van der Waals surface area contributed by atoms with Crippen molar-refractivity contribution in [3.63, 3.8) is 0 Å². The van der Waals surface area contributed by atoms with Crippen LogP contribution in [-0.4, -0.2) is 29.1 Å². The van der Waals surface area contributed by atoms with Gasteiger partial charge in [-0.15, -0.1) is 0 Å². The maximum atomic E-state index is 11.6. The van der Waals surface area contributed by atoms with Gasteiger partial charge in [0.05, 0.1) is 6.04 Å². The van der Waals surface area contributed by atoms with Gasteiger partial charge in [-0.2, -0.15) is 0 Å². The quantitative estimate of drug-likeness (QED) is 0.659. The standard InChI is InChI=1S/C11H22N2O3/c1-6(2)7(12)9(14)13-8(10(15)16)11(3,4)5/h6-8H,12H2,1-5H3,(H,13,14)(H,15,16)/t7-,8-/m1/s1. The zero-order chi connectivity index (χ0) is 13.1. The van der Waals surface area contributed by atoms with Crippen molar-refractivity contribution in [2.45, 2.75) is 46.7 Å². The van der Waals surface area contributed by atoms with Gasteiger partial charge in [0.1, 0.15) is 6.04 Å². The van der Waals surface area contributed by atoms with E-state index in [0.717, 1.165) is 0 Å². The maximum absolute atomic E-state index is 11.6. The van der Waals surface area contributed by atoms with Crippen LogP contribution in [0.25, 0.3) is 0 Å². The summed E-state index contributed by atoms with van der Waals surface area (Å²) in [6.07, 6.45) is 0. The molecule has 0 heterocycles. The molecule has 0 saturated carbocycles. The van der Waals surface area contributed by atoms with E-state index in [1.54, 1.807) is 20.8 Å². The van der Waals surface area contributed by atoms with Crippen molar-refractivity contribution in [3.8, 4) is 0 Å². The van der Waals surface area contributed by atoms with Gasteiger partial charge in [0.25, 0.3) is 0 Å². The Balaban J connectivity index is 4.67. The monoisotopic (exact) mass is 230 g/mol. The molecule has 0 aliphatic heterocycles. The second-order valence-corrected chi connectivity index (χ2v) is 5.42. The van der Waals surface area contributed by atoms with Crippen LogP contribution in [0, 0.1) is 11.3 Å². The molecule has 0 bridgehead atoms. The molecule has 0 aliphatic rings. The van der Waals surface area contributed by atoms with Crippen LogP contribution in [0.5, 0.6) is 0 Å². The highest BCUT2D eigenvalue weighted by Gasteiger charge is 2.34. The molecule has 0 aromatic carbocycles. The first kappa shape index (κ1) is 14.9. The summed E-state index contributed by atoms with van der Waals surface area (Å²) >= 11 is 0. The van der Waals surface area contributed by atoms with Gasteiger partial charge in [0, 0.05) is 0 Å². The summed E-state index contributed by atoms with van der Waals surface area (Å²) in [7, 11) is 0. The molecule has 16 heavy (non-hydrogen) atoms. The normalized spacial score (nSPS) is 15.7. The third-order valence-electron chi connectivity index (χ3n) is 2.42. The number of carbonyl (C=O) groups excluding carboxylic acids is 1. The van der Waals surface area contributed by atoms with E-state index in [2.05, 4.69) is 5.32 Å². The largest absolute Gasteiger partial charge is 0.480 e. The number of carbonyl (C=O) groups is 2. The summed E-state index contributed by atoms with van der Waals surface area (Å²) in [5, 5.41) is 11.5. The minimum Gasteiger partial charge on any atom is -0.480 e. The minimum atomic E-state index is -1.04. The fourth-order valence-electron chi connectivity index (χ4n) is 1.19. The number of nitrogens with one attached hydrogen (secondary N) is 1. The number of rotatable bonds is 4. The molecule has 0 aromatic heterocycles. The van der Waals surface area contributed by atoms with E-state index >= 15 is 0 Å². The van der Waals surface area contributed by atoms with E-state index in [-0.39, 0.29) is 5.92 Å². The van der Waals surface area contributed by atoms with Crippen LogP contribution >= 0.6 is 0 Å². The van der Waals surface area contributed by atoms with Crippen molar-refractivity contribution in [2.75, 3.05) is 0 Å². The highest BCUT2D eigenvalue weighted by molar-refractivity contribution is 5.87. The highest BCUT2D eigenvalue weighted by Crippen LogP contribution is 2.19. The average Bonchev–Trinajstić information content (AvgIpc) is 2.09. The molecule has 2 atom stereocenters. The van der Waals surface area contributed by atoms with Gasteiger partial charge in [0.15, 0.2) is 0 Å². The lowest BCUT2D eigenvalue weighted by Crippen LogP contribution is -2.54. The molecule has 0 rings (SSSR count). The Bertz CT molecular complexity index is 269. The van der Waals surface area contributed by atoms with Crippen LogP contribution in [0.2, 0.25) is 0 Å². The van der Waals surface area contributed by atoms with Gasteiger partial charge in [-0.3, -0.25) is 4.79 Å². The Morgan fingerprint density at radius 2 is 1.69 bits per heavy atom. The molecule has 0 unspecified atom stereocenters. The van der Waals surface area contributed by atoms with E-state index in [4.69, 9.17) is 10.8 Å². The first-order valence-corrected chi connectivity index (χ1v) is 5.36. The molecule has 0 saturated heterocycles. The Labute approximate surface area is 96.4 Å². The summed E-state index contributed by atoms with van der Waals surface area (Å²) in [5.41, 5.74) is 5.10. The Hall–Kier alpha value is -1.10. The van der Waals surface area contributed by atoms with Gasteiger partial charge >= 0.3 is 5.97 Å². The third kappa shape index (κ3) is 4.18. The first-order chi connectivity index (χ1) is 7.07. The molecule has 0 radical (unpaired) electrons. The molecule has 4 N–H and O–H groups in total. The zero-order valence-corrected chi connectivity index (χ0v) is 10.6. The van der Waals surface area contributed by atoms with Crippen LogP contribution in [0.4, 0.5) is 0 Å². The topological polar surface area (TPSA) is 92.4 Å². The molecule has 5 nitrogen and oxygen atoms in total. The average molecular weight is 230 g/mol. The lowest BCUT2D eigenvalue weighted by Gasteiger charge is -2.29. The lowest BCUT2D eigenvalue weighted by molar-refractivity contribution is -0.145. The van der Waals surface area contributed by atoms with Crippen molar-refractivity contribution in [2.24, 2.45) is 17.1 Å². The fourth-order valence-corrected chi connectivity index (χ4v) is 1.19. The molecule has 5 heteroatoms. The highest BCUT2D eigenvalue weighted by atomic mass is 16.4. The van der Waals surface area contributed by atoms with Crippen molar-refractivity contribution in [1.82, 2.24) is 5.32 Å². The van der Waals surface area contributed by atoms with Gasteiger partial charge < -0.3 is 16.2 Å². The number of amides is 1. The number of hydrogen-bond acceptors (Lipinski definition) is 3. The van der Waals surface area contributed by atoms with Crippen LogP contribution in [-0.2, 0) is 9.59 Å². The number of carboxylic acids is 1. The van der Waals surface area contributed by atoms with Crippen LogP contribution < -0.4 is 11.1 Å². The van der Waals surface area contributed by atoms with Crippen molar-refractivity contribution in [1.29, 1.82) is 0 Å². The van der Waals surface area contributed by atoms with Crippen LogP contribution in [0.15, 0.2) is 0 Å². The number of hydrogen-bond donors (Lipinski definition) is 3. The zero-order valence-electron chi connectivity index (χ0n) is 10.6. The summed E-state index contributed by atoms with van der Waals surface area (Å²) in [6, 6.07) is -1.60. The van der Waals surface area contributed by atoms with E-state index < -0.39 is 29.4 Å². The molecule has 0 aliphatic carbocycles. The van der Waals surface area contributed by atoms with E-state index in [1.807, 2.05) is 13.8 Å². The maximum Gasteiger partial charge on any atom is 0.326 e. The van der Waals surface area contributed by atoms with Crippen molar-refractivity contribution >= 4 is 11.9 Å². The summed E-state index contributed by atoms with van der Waals surface area (Å²) in [4.78, 5) is 22.7. The Morgan fingerprint density at radius 3 is 1.94 bits per heavy atom. The van der Waals surface area contributed by atoms with Gasteiger partial charge in [-0.05, 0) is 11.3 Å². The fraction of sp³-hybridized carbons (Fsp3) is 0.818. The van der Waals surface area contributed by atoms with Crippen molar-refractivity contribution in [3.05, 3.63) is 0 Å². The smallest absolute Gasteiger partial charge is 0.326 e. The van der Waals surface area contributed by atoms with E-state index in [9.17, 15) is 9.59 Å². The number of aliphatic carboxylic acids is 1. The number of nitrogens with two attached hydrogens (primary N) is 1. The summed E-state index contributed by atoms with van der Waals surface area (Å²) < 4.78 is 0. The predicted molar refractivity (Wildman–Crippen MR) is 61.8 cm³/mol. The lowest BCUT2D eigenvalue weighted by atomic mass is 9.86. The Morgan fingerprint density at radius 1 is 1.25 bits per heavy atom. The summed E-state index contributed by atoms with van der Waals surface area (Å²) in [5.74, 6) is -1.48. The second-order valence-electron chi connectivity index (χ2n) is 5.42. The summed E-state index contributed by atoms with van der Waals surface area (Å²) in [6.45, 7) is 8.90. The molecule has 0 fully saturated rings. The van der Waals surface area contributed by atoms with E-state index in [0.29, 0.717) is 0 Å². The Kier molecular flexibility index (Phi) is 4.93. The van der Waals surface area contributed by atoms with Crippen LogP contribution in [0.1, 0.15) is 34.6 Å². The van der Waals surface area contributed by atoms with Gasteiger partial charge in [0.2, 0.25) is 5.91 Å².